The summed E-state index contributed by atoms with van der Waals surface area (Å²) in [5, 5.41) is 8.65. The maximum Gasteiger partial charge on any atom is 0.253 e. The van der Waals surface area contributed by atoms with Gasteiger partial charge in [-0.05, 0) is 49.2 Å². The number of benzene rings is 2. The normalized spacial score (nSPS) is 17.9. The fraction of sp³-hybridized carbons (Fsp3) is 0.300. The van der Waals surface area contributed by atoms with E-state index >= 15 is 0 Å². The number of halogens is 1. The molecule has 0 amide bonds. The third-order valence-electron chi connectivity index (χ3n) is 4.77. The van der Waals surface area contributed by atoms with Crippen molar-refractivity contribution in [1.82, 2.24) is 14.5 Å². The molecule has 1 atom stereocenters. The summed E-state index contributed by atoms with van der Waals surface area (Å²) >= 11 is 5.87. The molecule has 0 aliphatic carbocycles. The van der Waals surface area contributed by atoms with E-state index in [2.05, 4.69) is 10.2 Å². The van der Waals surface area contributed by atoms with Crippen LogP contribution >= 0.6 is 11.6 Å². The van der Waals surface area contributed by atoms with E-state index in [4.69, 9.17) is 20.8 Å². The molecule has 0 N–H and O–H groups in total. The minimum atomic E-state index is -3.60. The Balaban J connectivity index is 1.43. The Labute approximate surface area is 174 Å². The Morgan fingerprint density at radius 1 is 1.10 bits per heavy atom. The number of sulfonamides is 1. The first-order valence-electron chi connectivity index (χ1n) is 9.28. The van der Waals surface area contributed by atoms with E-state index in [1.54, 1.807) is 12.1 Å². The zero-order chi connectivity index (χ0) is 20.3. The number of ether oxygens (including phenoxy) is 1. The number of piperidine rings is 1. The predicted molar refractivity (Wildman–Crippen MR) is 107 cm³/mol. The summed E-state index contributed by atoms with van der Waals surface area (Å²) in [6.45, 7) is 0.919. The van der Waals surface area contributed by atoms with E-state index in [1.165, 1.54) is 16.4 Å². The van der Waals surface area contributed by atoms with Gasteiger partial charge in [0, 0.05) is 18.1 Å². The molecular weight excluding hydrogens is 414 g/mol. The van der Waals surface area contributed by atoms with Crippen LogP contribution in [-0.4, -0.2) is 36.0 Å². The molecule has 1 saturated heterocycles. The molecule has 1 fully saturated rings. The van der Waals surface area contributed by atoms with Crippen molar-refractivity contribution in [2.45, 2.75) is 30.3 Å². The Kier molecular flexibility index (Phi) is 5.84. The zero-order valence-corrected chi connectivity index (χ0v) is 17.1. The van der Waals surface area contributed by atoms with Crippen molar-refractivity contribution in [3.8, 4) is 5.75 Å². The third kappa shape index (κ3) is 4.60. The zero-order valence-electron chi connectivity index (χ0n) is 15.6. The minimum Gasteiger partial charge on any atom is -0.484 e. The fourth-order valence-electron chi connectivity index (χ4n) is 3.27. The van der Waals surface area contributed by atoms with Crippen molar-refractivity contribution in [2.75, 3.05) is 13.1 Å². The summed E-state index contributed by atoms with van der Waals surface area (Å²) in [6, 6.07) is 15.6. The first kappa shape index (κ1) is 19.9. The van der Waals surface area contributed by atoms with Crippen LogP contribution in [0.25, 0.3) is 0 Å². The second kappa shape index (κ2) is 8.52. The summed E-state index contributed by atoms with van der Waals surface area (Å²) in [6.07, 6.45) is 1.50. The van der Waals surface area contributed by atoms with Gasteiger partial charge in [0.05, 0.1) is 10.8 Å². The van der Waals surface area contributed by atoms with Gasteiger partial charge in [0.15, 0.2) is 6.61 Å². The Morgan fingerprint density at radius 3 is 2.62 bits per heavy atom. The second-order valence-electron chi connectivity index (χ2n) is 6.79. The lowest BCUT2D eigenvalue weighted by molar-refractivity contribution is 0.243. The first-order valence-corrected chi connectivity index (χ1v) is 11.1. The van der Waals surface area contributed by atoms with Gasteiger partial charge in [-0.2, -0.15) is 4.31 Å². The SMILES string of the molecule is O=S(=O)(c1ccc(Cl)cc1)N1CCC[C@@H](c2nnc(COc3ccccc3)o2)C1. The van der Waals surface area contributed by atoms with Gasteiger partial charge in [0.25, 0.3) is 5.89 Å². The van der Waals surface area contributed by atoms with Crippen LogP contribution < -0.4 is 4.74 Å². The lowest BCUT2D eigenvalue weighted by atomic mass is 10.00. The van der Waals surface area contributed by atoms with Crippen molar-refractivity contribution in [1.29, 1.82) is 0 Å². The van der Waals surface area contributed by atoms with Gasteiger partial charge in [-0.1, -0.05) is 29.8 Å². The molecular formula is C20H20ClN3O4S. The van der Waals surface area contributed by atoms with E-state index in [9.17, 15) is 8.42 Å². The molecule has 0 spiro atoms. The van der Waals surface area contributed by atoms with E-state index in [-0.39, 0.29) is 17.4 Å². The second-order valence-corrected chi connectivity index (χ2v) is 9.17. The molecule has 9 heteroatoms. The predicted octanol–water partition coefficient (Wildman–Crippen LogP) is 3.87. The molecule has 7 nitrogen and oxygen atoms in total. The monoisotopic (exact) mass is 433 g/mol. The molecule has 1 aliphatic heterocycles. The number of aromatic nitrogens is 2. The van der Waals surface area contributed by atoms with Gasteiger partial charge in [-0.25, -0.2) is 8.42 Å². The van der Waals surface area contributed by atoms with Crippen LogP contribution in [0.5, 0.6) is 5.75 Å². The molecule has 152 valence electrons. The molecule has 1 aliphatic rings. The smallest absolute Gasteiger partial charge is 0.253 e. The summed E-state index contributed by atoms with van der Waals surface area (Å²) in [5.74, 6) is 1.36. The standard InChI is InChI=1S/C20H20ClN3O4S/c21-16-8-10-18(11-9-16)29(25,26)24-12-4-5-15(13-24)20-23-22-19(28-20)14-27-17-6-2-1-3-7-17/h1-3,6-11,15H,4-5,12-14H2/t15-/m1/s1. The van der Waals surface area contributed by atoms with Crippen LogP contribution in [0.15, 0.2) is 63.9 Å². The van der Waals surface area contributed by atoms with Gasteiger partial charge in [-0.15, -0.1) is 10.2 Å². The van der Waals surface area contributed by atoms with Crippen LogP contribution in [0.4, 0.5) is 0 Å². The average molecular weight is 434 g/mol. The Morgan fingerprint density at radius 2 is 1.86 bits per heavy atom. The number of rotatable bonds is 6. The van der Waals surface area contributed by atoms with Gasteiger partial charge in [0.1, 0.15) is 5.75 Å². The first-order chi connectivity index (χ1) is 14.0. The Bertz CT molecular complexity index is 1050. The largest absolute Gasteiger partial charge is 0.484 e. The maximum atomic E-state index is 12.9. The number of hydrogen-bond donors (Lipinski definition) is 0. The number of para-hydroxylation sites is 1. The fourth-order valence-corrected chi connectivity index (χ4v) is 4.92. The molecule has 0 unspecified atom stereocenters. The van der Waals surface area contributed by atoms with E-state index in [0.717, 1.165) is 12.8 Å². The molecule has 3 aromatic rings. The van der Waals surface area contributed by atoms with Crippen LogP contribution in [0.3, 0.4) is 0 Å². The molecule has 0 radical (unpaired) electrons. The van der Waals surface area contributed by atoms with Crippen molar-refractivity contribution in [3.63, 3.8) is 0 Å². The third-order valence-corrected chi connectivity index (χ3v) is 6.90. The minimum absolute atomic E-state index is 0.149. The van der Waals surface area contributed by atoms with E-state index < -0.39 is 10.0 Å². The highest BCUT2D eigenvalue weighted by Gasteiger charge is 2.33. The number of hydrogen-bond acceptors (Lipinski definition) is 6. The maximum absolute atomic E-state index is 12.9. The lowest BCUT2D eigenvalue weighted by Gasteiger charge is -2.30. The molecule has 2 heterocycles. The molecule has 0 bridgehead atoms. The van der Waals surface area contributed by atoms with Gasteiger partial charge >= 0.3 is 0 Å². The highest BCUT2D eigenvalue weighted by Crippen LogP contribution is 2.30. The average Bonchev–Trinajstić information content (AvgIpc) is 3.23. The highest BCUT2D eigenvalue weighted by atomic mass is 35.5. The quantitative estimate of drug-likeness (QED) is 0.586. The molecule has 2 aromatic carbocycles. The summed E-state index contributed by atoms with van der Waals surface area (Å²) in [5.41, 5.74) is 0. The Hall–Kier alpha value is -2.42. The van der Waals surface area contributed by atoms with Gasteiger partial charge < -0.3 is 9.15 Å². The van der Waals surface area contributed by atoms with Crippen LogP contribution in [0.1, 0.15) is 30.5 Å². The topological polar surface area (TPSA) is 85.5 Å². The summed E-state index contributed by atoms with van der Waals surface area (Å²) in [4.78, 5) is 0.227. The van der Waals surface area contributed by atoms with E-state index in [0.29, 0.717) is 35.6 Å². The molecule has 4 rings (SSSR count). The van der Waals surface area contributed by atoms with Crippen molar-refractivity contribution in [2.24, 2.45) is 0 Å². The number of nitrogens with zero attached hydrogens (tertiary/aromatic N) is 3. The molecule has 29 heavy (non-hydrogen) atoms. The van der Waals surface area contributed by atoms with Crippen LogP contribution in [0, 0.1) is 0 Å². The van der Waals surface area contributed by atoms with Crippen molar-refractivity contribution < 1.29 is 17.6 Å². The molecule has 1 aromatic heterocycles. The summed E-state index contributed by atoms with van der Waals surface area (Å²) in [7, 11) is -3.60. The highest BCUT2D eigenvalue weighted by molar-refractivity contribution is 7.89. The van der Waals surface area contributed by atoms with Crippen LogP contribution in [-0.2, 0) is 16.6 Å². The molecule has 0 saturated carbocycles. The van der Waals surface area contributed by atoms with Gasteiger partial charge in [0.2, 0.25) is 15.9 Å². The lowest BCUT2D eigenvalue weighted by Crippen LogP contribution is -2.39. The van der Waals surface area contributed by atoms with Gasteiger partial charge in [-0.3, -0.25) is 0 Å². The van der Waals surface area contributed by atoms with Crippen molar-refractivity contribution >= 4 is 21.6 Å². The van der Waals surface area contributed by atoms with Crippen LogP contribution in [0.2, 0.25) is 5.02 Å². The van der Waals surface area contributed by atoms with Crippen molar-refractivity contribution in [3.05, 3.63) is 71.4 Å². The van der Waals surface area contributed by atoms with E-state index in [1.807, 2.05) is 30.3 Å². The summed E-state index contributed by atoms with van der Waals surface area (Å²) < 4.78 is 38.7.